The third-order valence-corrected chi connectivity index (χ3v) is 10.7. The van der Waals surface area contributed by atoms with Gasteiger partial charge in [-0.25, -0.2) is 8.42 Å². The molecule has 0 bridgehead atoms. The number of hydrogen-bond donors (Lipinski definition) is 2. The molecule has 1 fully saturated rings. The molecule has 37 heavy (non-hydrogen) atoms. The second-order valence-corrected chi connectivity index (χ2v) is 14.1. The lowest BCUT2D eigenvalue weighted by atomic mass is 9.66. The van der Waals surface area contributed by atoms with Crippen LogP contribution in [-0.4, -0.2) is 36.7 Å². The minimum Gasteiger partial charge on any atom is -0.481 e. The Labute approximate surface area is 229 Å². The first-order valence-electron chi connectivity index (χ1n) is 12.5. The number of carbonyl (C=O) groups is 2. The number of carboxylic acid groups (broad SMARTS) is 1. The number of sulfone groups is 1. The molecule has 0 spiro atoms. The highest BCUT2D eigenvalue weighted by atomic mass is 35.5. The predicted molar refractivity (Wildman–Crippen MR) is 148 cm³/mol. The lowest BCUT2D eigenvalue weighted by molar-refractivity contribution is -0.147. The molecule has 5 unspecified atom stereocenters. The molecule has 1 aliphatic heterocycles. The van der Waals surface area contributed by atoms with E-state index in [1.54, 1.807) is 51.1 Å². The average Bonchev–Trinajstić information content (AvgIpc) is 2.81. The molecule has 0 saturated carbocycles. The Hall–Kier alpha value is -2.09. The summed E-state index contributed by atoms with van der Waals surface area (Å²) in [6.07, 6.45) is 0.940. The molecule has 1 amide bonds. The Bertz CT molecular complexity index is 1230. The zero-order valence-corrected chi connectivity index (χ0v) is 23.9. The van der Waals surface area contributed by atoms with Gasteiger partial charge in [-0.05, 0) is 68.0 Å². The Kier molecular flexibility index (Phi) is 9.36. The smallest absolute Gasteiger partial charge is 0.304 e. The molecule has 3 rings (SSSR count). The van der Waals surface area contributed by atoms with Crippen molar-refractivity contribution in [2.45, 2.75) is 75.8 Å². The van der Waals surface area contributed by atoms with Gasteiger partial charge in [0.05, 0.1) is 22.3 Å². The van der Waals surface area contributed by atoms with E-state index in [0.29, 0.717) is 34.9 Å². The number of benzene rings is 2. The number of hydrogen-bond acceptors (Lipinski definition) is 4. The van der Waals surface area contributed by atoms with Crippen LogP contribution in [0, 0.1) is 11.3 Å². The van der Waals surface area contributed by atoms with Gasteiger partial charge in [-0.15, -0.1) is 0 Å². The SMILES string of the molecule is CCC(CC(c1ccc(Cl)cc1)S(=O)(=O)C(C)C)C1NC(=O)C(C)(CC(=O)O)CC1c1cccc(Cl)c1. The number of aliphatic carboxylic acids is 1. The number of piperidine rings is 1. The van der Waals surface area contributed by atoms with Crippen molar-refractivity contribution in [3.63, 3.8) is 0 Å². The summed E-state index contributed by atoms with van der Waals surface area (Å²) in [6, 6.07) is 13.8. The highest BCUT2D eigenvalue weighted by Gasteiger charge is 2.48. The largest absolute Gasteiger partial charge is 0.481 e. The van der Waals surface area contributed by atoms with Gasteiger partial charge in [-0.1, -0.05) is 67.7 Å². The summed E-state index contributed by atoms with van der Waals surface area (Å²) in [5, 5.41) is 12.3. The molecule has 0 radical (unpaired) electrons. The van der Waals surface area contributed by atoms with Crippen molar-refractivity contribution in [1.82, 2.24) is 5.32 Å². The van der Waals surface area contributed by atoms with Gasteiger partial charge in [-0.3, -0.25) is 9.59 Å². The fourth-order valence-electron chi connectivity index (χ4n) is 5.43. The van der Waals surface area contributed by atoms with Gasteiger partial charge in [0.25, 0.3) is 0 Å². The molecular formula is C28H35Cl2NO5S. The van der Waals surface area contributed by atoms with E-state index in [-0.39, 0.29) is 24.2 Å². The summed E-state index contributed by atoms with van der Waals surface area (Å²) < 4.78 is 27.1. The van der Waals surface area contributed by atoms with E-state index in [9.17, 15) is 23.1 Å². The number of carbonyl (C=O) groups excluding carboxylic acids is 1. The van der Waals surface area contributed by atoms with Gasteiger partial charge in [0.2, 0.25) is 5.91 Å². The van der Waals surface area contributed by atoms with Crippen LogP contribution in [0.2, 0.25) is 10.0 Å². The van der Waals surface area contributed by atoms with Gasteiger partial charge in [0, 0.05) is 22.0 Å². The highest BCUT2D eigenvalue weighted by Crippen LogP contribution is 2.46. The van der Waals surface area contributed by atoms with E-state index in [4.69, 9.17) is 23.2 Å². The molecule has 2 N–H and O–H groups in total. The van der Waals surface area contributed by atoms with Gasteiger partial charge >= 0.3 is 5.97 Å². The summed E-state index contributed by atoms with van der Waals surface area (Å²) in [7, 11) is -3.54. The molecule has 2 aromatic rings. The summed E-state index contributed by atoms with van der Waals surface area (Å²) in [4.78, 5) is 24.9. The van der Waals surface area contributed by atoms with E-state index in [1.807, 2.05) is 25.1 Å². The minimum atomic E-state index is -3.54. The first-order chi connectivity index (χ1) is 17.3. The van der Waals surface area contributed by atoms with Gasteiger partial charge < -0.3 is 10.4 Å². The molecule has 0 aliphatic carbocycles. The van der Waals surface area contributed by atoms with Crippen molar-refractivity contribution in [3.8, 4) is 0 Å². The predicted octanol–water partition coefficient (Wildman–Crippen LogP) is 6.43. The first kappa shape index (κ1) is 29.5. The van der Waals surface area contributed by atoms with Crippen LogP contribution in [0.5, 0.6) is 0 Å². The van der Waals surface area contributed by atoms with Gasteiger partial charge in [0.15, 0.2) is 9.84 Å². The maximum Gasteiger partial charge on any atom is 0.304 e. The molecule has 1 aliphatic rings. The second-order valence-electron chi connectivity index (χ2n) is 10.6. The third-order valence-electron chi connectivity index (χ3n) is 7.61. The molecular weight excluding hydrogens is 533 g/mol. The lowest BCUT2D eigenvalue weighted by Crippen LogP contribution is -2.56. The topological polar surface area (TPSA) is 101 Å². The minimum absolute atomic E-state index is 0.198. The van der Waals surface area contributed by atoms with Crippen molar-refractivity contribution in [2.24, 2.45) is 11.3 Å². The standard InChI is InChI=1S/C28H35Cl2NO5S/c1-5-18(14-24(37(35,36)17(2)3)19-9-11-21(29)12-10-19)26-23(20-7-6-8-22(30)13-20)15-28(4,16-25(32)33)27(34)31-26/h6-13,17-18,23-24,26H,5,14-16H2,1-4H3,(H,31,34)(H,32,33). The van der Waals surface area contributed by atoms with Crippen LogP contribution in [-0.2, 0) is 19.4 Å². The van der Waals surface area contributed by atoms with E-state index in [2.05, 4.69) is 5.32 Å². The molecule has 2 aromatic carbocycles. The Balaban J connectivity index is 2.06. The van der Waals surface area contributed by atoms with Crippen molar-refractivity contribution in [3.05, 3.63) is 69.7 Å². The molecule has 6 nitrogen and oxygen atoms in total. The first-order valence-corrected chi connectivity index (χ1v) is 14.9. The van der Waals surface area contributed by atoms with E-state index in [0.717, 1.165) is 5.56 Å². The molecule has 9 heteroatoms. The monoisotopic (exact) mass is 567 g/mol. The van der Waals surface area contributed by atoms with Crippen molar-refractivity contribution >= 4 is 44.9 Å². The Morgan fingerprint density at radius 1 is 1.14 bits per heavy atom. The number of carboxylic acids is 1. The molecule has 5 atom stereocenters. The molecule has 202 valence electrons. The van der Waals surface area contributed by atoms with Gasteiger partial charge in [-0.2, -0.15) is 0 Å². The zero-order chi connectivity index (χ0) is 27.5. The van der Waals surface area contributed by atoms with Crippen LogP contribution in [0.1, 0.15) is 75.7 Å². The Morgan fingerprint density at radius 3 is 2.32 bits per heavy atom. The quantitative estimate of drug-likeness (QED) is 0.344. The molecule has 1 heterocycles. The second kappa shape index (κ2) is 11.7. The Morgan fingerprint density at radius 2 is 1.78 bits per heavy atom. The fraction of sp³-hybridized carbons (Fsp3) is 0.500. The lowest BCUT2D eigenvalue weighted by Gasteiger charge is -2.45. The summed E-state index contributed by atoms with van der Waals surface area (Å²) in [6.45, 7) is 7.00. The van der Waals surface area contributed by atoms with Crippen molar-refractivity contribution in [1.29, 1.82) is 0 Å². The van der Waals surface area contributed by atoms with Crippen LogP contribution < -0.4 is 5.32 Å². The number of amides is 1. The average molecular weight is 569 g/mol. The number of halogens is 2. The maximum atomic E-state index is 13.5. The summed E-state index contributed by atoms with van der Waals surface area (Å²) >= 11 is 12.4. The molecule has 1 saturated heterocycles. The number of nitrogens with one attached hydrogen (secondary N) is 1. The summed E-state index contributed by atoms with van der Waals surface area (Å²) in [5.41, 5.74) is 0.448. The molecule has 0 aromatic heterocycles. The summed E-state index contributed by atoms with van der Waals surface area (Å²) in [5.74, 6) is -1.81. The van der Waals surface area contributed by atoms with E-state index < -0.39 is 37.8 Å². The van der Waals surface area contributed by atoms with Crippen LogP contribution in [0.25, 0.3) is 0 Å². The highest BCUT2D eigenvalue weighted by molar-refractivity contribution is 7.92. The maximum absolute atomic E-state index is 13.5. The van der Waals surface area contributed by atoms with Crippen molar-refractivity contribution < 1.29 is 23.1 Å². The third kappa shape index (κ3) is 6.68. The normalized spacial score (nSPS) is 23.9. The van der Waals surface area contributed by atoms with Crippen LogP contribution in [0.3, 0.4) is 0 Å². The van der Waals surface area contributed by atoms with Gasteiger partial charge in [0.1, 0.15) is 0 Å². The van der Waals surface area contributed by atoms with Crippen LogP contribution in [0.15, 0.2) is 48.5 Å². The van der Waals surface area contributed by atoms with Crippen LogP contribution >= 0.6 is 23.2 Å². The fourth-order valence-corrected chi connectivity index (χ4v) is 7.47. The number of rotatable bonds is 10. The zero-order valence-electron chi connectivity index (χ0n) is 21.6. The van der Waals surface area contributed by atoms with E-state index in [1.165, 1.54) is 0 Å². The van der Waals surface area contributed by atoms with E-state index >= 15 is 0 Å². The van der Waals surface area contributed by atoms with Crippen LogP contribution in [0.4, 0.5) is 0 Å². The van der Waals surface area contributed by atoms with Crippen molar-refractivity contribution in [2.75, 3.05) is 0 Å².